The first kappa shape index (κ1) is 13.6. The highest BCUT2D eigenvalue weighted by molar-refractivity contribution is 5.79. The van der Waals surface area contributed by atoms with Crippen molar-refractivity contribution in [3.05, 3.63) is 35.4 Å². The van der Waals surface area contributed by atoms with E-state index in [1.54, 1.807) is 0 Å². The van der Waals surface area contributed by atoms with Crippen LogP contribution in [-0.2, 0) is 16.0 Å². The van der Waals surface area contributed by atoms with Crippen LogP contribution in [0.25, 0.3) is 0 Å². The fourth-order valence-electron chi connectivity index (χ4n) is 3.65. The van der Waals surface area contributed by atoms with E-state index in [0.717, 1.165) is 25.7 Å². The smallest absolute Gasteiger partial charge is 0.407 e. The number of carbonyl (C=O) groups is 2. The minimum absolute atomic E-state index is 0.116. The molecule has 5 heteroatoms. The van der Waals surface area contributed by atoms with E-state index in [-0.39, 0.29) is 24.5 Å². The fraction of sp³-hybridized carbons (Fsp3) is 0.529. The normalized spacial score (nSPS) is 26.3. The number of nitrogens with one attached hydrogen (secondary N) is 1. The van der Waals surface area contributed by atoms with Crippen molar-refractivity contribution in [1.29, 1.82) is 0 Å². The van der Waals surface area contributed by atoms with Crippen molar-refractivity contribution in [3.63, 3.8) is 0 Å². The third-order valence-electron chi connectivity index (χ3n) is 4.82. The van der Waals surface area contributed by atoms with Gasteiger partial charge in [0.1, 0.15) is 6.10 Å². The van der Waals surface area contributed by atoms with Gasteiger partial charge >= 0.3 is 6.09 Å². The number of hydrogen-bond acceptors (Lipinski definition) is 3. The number of hydrogen-bond donors (Lipinski definition) is 1. The van der Waals surface area contributed by atoms with Crippen LogP contribution in [0.1, 0.15) is 42.9 Å². The summed E-state index contributed by atoms with van der Waals surface area (Å²) in [6, 6.07) is 8.99. The molecule has 1 aliphatic heterocycles. The van der Waals surface area contributed by atoms with Crippen molar-refractivity contribution >= 4 is 12.0 Å². The molecule has 0 aromatic heterocycles. The highest BCUT2D eigenvalue weighted by Crippen LogP contribution is 2.42. The predicted octanol–water partition coefficient (Wildman–Crippen LogP) is 2.16. The number of cyclic esters (lactones) is 1. The maximum absolute atomic E-state index is 12.8. The molecule has 0 bridgehead atoms. The van der Waals surface area contributed by atoms with E-state index in [1.165, 1.54) is 11.1 Å². The third-order valence-corrected chi connectivity index (χ3v) is 4.82. The van der Waals surface area contributed by atoms with Crippen molar-refractivity contribution in [1.82, 2.24) is 10.2 Å². The lowest BCUT2D eigenvalue weighted by molar-refractivity contribution is -0.136. The summed E-state index contributed by atoms with van der Waals surface area (Å²) >= 11 is 0. The summed E-state index contributed by atoms with van der Waals surface area (Å²) in [5, 5.41) is 2.61. The van der Waals surface area contributed by atoms with Crippen molar-refractivity contribution in [2.24, 2.45) is 0 Å². The Bertz CT molecular complexity index is 612. The summed E-state index contributed by atoms with van der Waals surface area (Å²) in [7, 11) is 0. The molecule has 2 aliphatic carbocycles. The van der Waals surface area contributed by atoms with Gasteiger partial charge in [0.05, 0.1) is 19.0 Å². The van der Waals surface area contributed by atoms with E-state index < -0.39 is 6.09 Å². The Morgan fingerprint density at radius 1 is 1.27 bits per heavy atom. The zero-order chi connectivity index (χ0) is 15.1. The molecule has 0 spiro atoms. The van der Waals surface area contributed by atoms with Crippen molar-refractivity contribution in [3.8, 4) is 0 Å². The molecule has 0 radical (unpaired) electrons. The lowest BCUT2D eigenvalue weighted by atomic mass is 10.1. The van der Waals surface area contributed by atoms with Crippen molar-refractivity contribution < 1.29 is 14.3 Å². The second kappa shape index (κ2) is 5.30. The van der Waals surface area contributed by atoms with Crippen LogP contribution in [0, 0.1) is 0 Å². The quantitative estimate of drug-likeness (QED) is 0.927. The number of benzene rings is 1. The van der Waals surface area contributed by atoms with Crippen molar-refractivity contribution in [2.75, 3.05) is 6.54 Å². The van der Waals surface area contributed by atoms with Crippen LogP contribution < -0.4 is 5.32 Å². The summed E-state index contributed by atoms with van der Waals surface area (Å²) in [4.78, 5) is 26.0. The predicted molar refractivity (Wildman–Crippen MR) is 80.3 cm³/mol. The van der Waals surface area contributed by atoms with Crippen LogP contribution in [0.3, 0.4) is 0 Å². The lowest BCUT2D eigenvalue weighted by Gasteiger charge is -2.30. The van der Waals surface area contributed by atoms with Crippen LogP contribution in [0.5, 0.6) is 0 Å². The number of alkyl carbamates (subject to hydrolysis) is 1. The van der Waals surface area contributed by atoms with Gasteiger partial charge in [0.2, 0.25) is 5.91 Å². The van der Waals surface area contributed by atoms with Gasteiger partial charge in [-0.3, -0.25) is 4.79 Å². The monoisotopic (exact) mass is 300 g/mol. The molecule has 1 aromatic rings. The first-order valence-corrected chi connectivity index (χ1v) is 8.06. The third kappa shape index (κ3) is 2.45. The molecule has 1 heterocycles. The highest BCUT2D eigenvalue weighted by Gasteiger charge is 2.41. The van der Waals surface area contributed by atoms with E-state index in [0.29, 0.717) is 12.6 Å². The van der Waals surface area contributed by atoms with E-state index in [4.69, 9.17) is 4.74 Å². The molecule has 2 unspecified atom stereocenters. The van der Waals surface area contributed by atoms with Gasteiger partial charge in [0.15, 0.2) is 0 Å². The average molecular weight is 300 g/mol. The number of nitrogens with zero attached hydrogens (tertiary/aromatic N) is 1. The minimum atomic E-state index is -0.415. The number of rotatable bonds is 4. The Labute approximate surface area is 129 Å². The molecule has 2 atom stereocenters. The van der Waals surface area contributed by atoms with E-state index >= 15 is 0 Å². The molecule has 1 saturated heterocycles. The zero-order valence-electron chi connectivity index (χ0n) is 12.5. The van der Waals surface area contributed by atoms with Crippen LogP contribution in [0.2, 0.25) is 0 Å². The zero-order valence-corrected chi connectivity index (χ0v) is 12.5. The first-order chi connectivity index (χ1) is 10.7. The Kier molecular flexibility index (Phi) is 3.28. The summed E-state index contributed by atoms with van der Waals surface area (Å²) in [6.45, 7) is 0.435. The summed E-state index contributed by atoms with van der Waals surface area (Å²) in [5.74, 6) is 0.116. The molecule has 2 fully saturated rings. The number of carbonyl (C=O) groups excluding carboxylic acids is 2. The molecule has 1 aromatic carbocycles. The lowest BCUT2D eigenvalue weighted by Crippen LogP contribution is -2.38. The van der Waals surface area contributed by atoms with Crippen LogP contribution in [-0.4, -0.2) is 35.6 Å². The SMILES string of the molecule is O=C1NCC(CC(=O)N(C2CC2)C2CCc3ccccc32)O1. The number of amides is 2. The Hall–Kier alpha value is -2.04. The van der Waals surface area contributed by atoms with Gasteiger partial charge in [-0.15, -0.1) is 0 Å². The Morgan fingerprint density at radius 3 is 2.82 bits per heavy atom. The standard InChI is InChI=1S/C17H20N2O3/c20-16(9-13-10-18-17(21)22-13)19(12-6-7-12)15-8-5-11-3-1-2-4-14(11)15/h1-4,12-13,15H,5-10H2,(H,18,21). The average Bonchev–Trinajstić information content (AvgIpc) is 3.12. The largest absolute Gasteiger partial charge is 0.444 e. The summed E-state index contributed by atoms with van der Waals surface area (Å²) < 4.78 is 5.12. The molecule has 2 amide bonds. The molecule has 116 valence electrons. The van der Waals surface area contributed by atoms with Gasteiger partial charge in [0, 0.05) is 6.04 Å². The van der Waals surface area contributed by atoms with Crippen LogP contribution in [0.4, 0.5) is 4.79 Å². The van der Waals surface area contributed by atoms with Gasteiger partial charge in [0.25, 0.3) is 0 Å². The number of ether oxygens (including phenoxy) is 1. The minimum Gasteiger partial charge on any atom is -0.444 e. The molecule has 1 N–H and O–H groups in total. The molecule has 5 nitrogen and oxygen atoms in total. The maximum Gasteiger partial charge on any atom is 0.407 e. The molecular formula is C17H20N2O3. The maximum atomic E-state index is 12.8. The number of aryl methyl sites for hydroxylation is 1. The Morgan fingerprint density at radius 2 is 2.09 bits per heavy atom. The van der Waals surface area contributed by atoms with Gasteiger partial charge in [-0.2, -0.15) is 0 Å². The van der Waals surface area contributed by atoms with Crippen LogP contribution in [0.15, 0.2) is 24.3 Å². The molecule has 22 heavy (non-hydrogen) atoms. The topological polar surface area (TPSA) is 58.6 Å². The van der Waals surface area contributed by atoms with E-state index in [1.807, 2.05) is 0 Å². The second-order valence-corrected chi connectivity index (χ2v) is 6.40. The Balaban J connectivity index is 1.52. The van der Waals surface area contributed by atoms with E-state index in [2.05, 4.69) is 34.5 Å². The van der Waals surface area contributed by atoms with Gasteiger partial charge in [-0.1, -0.05) is 24.3 Å². The molecule has 3 aliphatic rings. The van der Waals surface area contributed by atoms with E-state index in [9.17, 15) is 9.59 Å². The summed E-state index contributed by atoms with van der Waals surface area (Å²) in [6.07, 6.45) is 3.77. The van der Waals surface area contributed by atoms with Gasteiger partial charge < -0.3 is 15.0 Å². The first-order valence-electron chi connectivity index (χ1n) is 8.06. The molecular weight excluding hydrogens is 280 g/mol. The molecule has 1 saturated carbocycles. The second-order valence-electron chi connectivity index (χ2n) is 6.40. The van der Waals surface area contributed by atoms with Gasteiger partial charge in [-0.05, 0) is 36.8 Å². The number of fused-ring (bicyclic) bond motifs is 1. The van der Waals surface area contributed by atoms with Crippen LogP contribution >= 0.6 is 0 Å². The highest BCUT2D eigenvalue weighted by atomic mass is 16.6. The molecule has 4 rings (SSSR count). The van der Waals surface area contributed by atoms with Gasteiger partial charge in [-0.25, -0.2) is 4.79 Å². The fourth-order valence-corrected chi connectivity index (χ4v) is 3.65. The van der Waals surface area contributed by atoms with Crippen molar-refractivity contribution in [2.45, 2.75) is 50.3 Å². The summed E-state index contributed by atoms with van der Waals surface area (Å²) in [5.41, 5.74) is 2.66.